The predicted octanol–water partition coefficient (Wildman–Crippen LogP) is 1.92. The topological polar surface area (TPSA) is 109 Å². The van der Waals surface area contributed by atoms with Gasteiger partial charge in [-0.2, -0.15) is 0 Å². The van der Waals surface area contributed by atoms with Gasteiger partial charge in [-0.05, 0) is 18.6 Å². The van der Waals surface area contributed by atoms with Crippen LogP contribution in [0.5, 0.6) is 0 Å². The smallest absolute Gasteiger partial charge is 0.303 e. The first-order valence-corrected chi connectivity index (χ1v) is 6.33. The van der Waals surface area contributed by atoms with Crippen LogP contribution in [0.1, 0.15) is 42.6 Å². The lowest BCUT2D eigenvalue weighted by Gasteiger charge is -2.11. The van der Waals surface area contributed by atoms with Crippen LogP contribution >= 0.6 is 0 Å². The number of carboxylic acids is 1. The minimum Gasteiger partial charge on any atom is -0.481 e. The van der Waals surface area contributed by atoms with Crippen molar-refractivity contribution >= 4 is 23.5 Å². The van der Waals surface area contributed by atoms with E-state index in [0.29, 0.717) is 11.3 Å². The van der Waals surface area contributed by atoms with Crippen LogP contribution in [0.4, 0.5) is 5.69 Å². The zero-order valence-electron chi connectivity index (χ0n) is 11.9. The second-order valence-electron chi connectivity index (χ2n) is 3.80. The zero-order valence-corrected chi connectivity index (χ0v) is 11.9. The maximum atomic E-state index is 11.5. The van der Waals surface area contributed by atoms with Gasteiger partial charge in [-0.1, -0.05) is 26.0 Å². The van der Waals surface area contributed by atoms with E-state index in [1.165, 1.54) is 6.07 Å². The number of primary amides is 1. The average molecular weight is 280 g/mol. The fourth-order valence-electron chi connectivity index (χ4n) is 1.46. The van der Waals surface area contributed by atoms with Crippen molar-refractivity contribution < 1.29 is 19.5 Å². The summed E-state index contributed by atoms with van der Waals surface area (Å²) in [6.07, 6.45) is -0.411. The lowest BCUT2D eigenvalue weighted by atomic mass is 10.1. The number of amides is 2. The number of carbonyl (C=O) groups excluding carboxylic acids is 2. The van der Waals surface area contributed by atoms with Crippen molar-refractivity contribution in [2.45, 2.75) is 33.6 Å². The Morgan fingerprint density at radius 3 is 2.30 bits per heavy atom. The number of carboxylic acid groups (broad SMARTS) is 1. The molecule has 0 spiro atoms. The Labute approximate surface area is 118 Å². The van der Waals surface area contributed by atoms with E-state index in [-0.39, 0.29) is 18.4 Å². The van der Waals surface area contributed by atoms with Gasteiger partial charge in [-0.15, -0.1) is 0 Å². The minimum atomic E-state index is -1.05. The lowest BCUT2D eigenvalue weighted by Crippen LogP contribution is -2.19. The monoisotopic (exact) mass is 280 g/mol. The molecule has 1 rings (SSSR count). The van der Waals surface area contributed by atoms with Gasteiger partial charge >= 0.3 is 5.97 Å². The second kappa shape index (κ2) is 8.68. The Balaban J connectivity index is 0.00000172. The number of benzene rings is 1. The van der Waals surface area contributed by atoms with E-state index >= 15 is 0 Å². The van der Waals surface area contributed by atoms with Crippen molar-refractivity contribution in [2.24, 2.45) is 5.73 Å². The molecule has 1 aromatic rings. The Morgan fingerprint density at radius 2 is 1.80 bits per heavy atom. The first-order valence-electron chi connectivity index (χ1n) is 6.33. The Kier molecular flexibility index (Phi) is 7.65. The molecule has 0 saturated heterocycles. The number of hydrogen-bond donors (Lipinski definition) is 3. The van der Waals surface area contributed by atoms with Crippen LogP contribution in [0.25, 0.3) is 0 Å². The molecule has 0 atom stereocenters. The summed E-state index contributed by atoms with van der Waals surface area (Å²) in [5.74, 6) is -2.16. The third-order valence-corrected chi connectivity index (χ3v) is 2.37. The van der Waals surface area contributed by atoms with Gasteiger partial charge < -0.3 is 16.2 Å². The molecule has 2 amide bonds. The van der Waals surface area contributed by atoms with E-state index in [2.05, 4.69) is 5.32 Å². The summed E-state index contributed by atoms with van der Waals surface area (Å²) in [6.45, 7) is 5.72. The Hall–Kier alpha value is -2.37. The highest BCUT2D eigenvalue weighted by Crippen LogP contribution is 2.20. The molecular weight excluding hydrogens is 260 g/mol. The van der Waals surface area contributed by atoms with Crippen molar-refractivity contribution in [2.75, 3.05) is 5.32 Å². The van der Waals surface area contributed by atoms with Crippen molar-refractivity contribution in [3.05, 3.63) is 29.3 Å². The number of carbonyl (C=O) groups is 3. The molecule has 0 unspecified atom stereocenters. The molecule has 0 bridgehead atoms. The van der Waals surface area contributed by atoms with Crippen LogP contribution in [0, 0.1) is 6.92 Å². The average Bonchev–Trinajstić information content (AvgIpc) is 2.40. The summed E-state index contributed by atoms with van der Waals surface area (Å²) in [6, 6.07) is 4.88. The van der Waals surface area contributed by atoms with Crippen LogP contribution in [-0.4, -0.2) is 22.9 Å². The summed E-state index contributed by atoms with van der Waals surface area (Å²) in [5.41, 5.74) is 6.43. The number of aliphatic carboxylic acids is 1. The Morgan fingerprint density at radius 1 is 1.20 bits per heavy atom. The highest BCUT2D eigenvalue weighted by atomic mass is 16.4. The minimum absolute atomic E-state index is 0.151. The van der Waals surface area contributed by atoms with Gasteiger partial charge in [0.15, 0.2) is 0 Å². The summed E-state index contributed by atoms with van der Waals surface area (Å²) >= 11 is 0. The number of anilines is 1. The molecule has 0 aliphatic rings. The molecule has 6 nitrogen and oxygen atoms in total. The van der Waals surface area contributed by atoms with Gasteiger partial charge in [0, 0.05) is 6.42 Å². The molecule has 20 heavy (non-hydrogen) atoms. The SMILES string of the molecule is CC.Cc1cccc(C(N)=O)c1NC(=O)CCC(=O)O. The molecule has 1 aromatic carbocycles. The fraction of sp³-hybridized carbons (Fsp3) is 0.357. The number of rotatable bonds is 5. The molecular formula is C14H20N2O4. The maximum absolute atomic E-state index is 11.5. The van der Waals surface area contributed by atoms with Gasteiger partial charge in [0.1, 0.15) is 0 Å². The van der Waals surface area contributed by atoms with Crippen LogP contribution in [-0.2, 0) is 9.59 Å². The van der Waals surface area contributed by atoms with Crippen LogP contribution in [0.3, 0.4) is 0 Å². The number of aryl methyl sites for hydroxylation is 1. The number of nitrogens with one attached hydrogen (secondary N) is 1. The van der Waals surface area contributed by atoms with E-state index in [9.17, 15) is 14.4 Å². The molecule has 110 valence electrons. The third-order valence-electron chi connectivity index (χ3n) is 2.37. The largest absolute Gasteiger partial charge is 0.481 e. The molecule has 0 heterocycles. The fourth-order valence-corrected chi connectivity index (χ4v) is 1.46. The van der Waals surface area contributed by atoms with Crippen LogP contribution in [0.15, 0.2) is 18.2 Å². The second-order valence-corrected chi connectivity index (χ2v) is 3.80. The zero-order chi connectivity index (χ0) is 15.7. The summed E-state index contributed by atoms with van der Waals surface area (Å²) in [4.78, 5) is 33.1. The normalized spacial score (nSPS) is 9.15. The lowest BCUT2D eigenvalue weighted by molar-refractivity contribution is -0.138. The van der Waals surface area contributed by atoms with E-state index in [1.807, 2.05) is 13.8 Å². The summed E-state index contributed by atoms with van der Waals surface area (Å²) in [5, 5.41) is 11.0. The van der Waals surface area contributed by atoms with Crippen molar-refractivity contribution in [3.8, 4) is 0 Å². The standard InChI is InChI=1S/C12H14N2O4.C2H6/c1-7-3-2-4-8(12(13)18)11(7)14-9(15)5-6-10(16)17;1-2/h2-4H,5-6H2,1H3,(H2,13,18)(H,14,15)(H,16,17);1-2H3. The highest BCUT2D eigenvalue weighted by Gasteiger charge is 2.13. The molecule has 0 aliphatic carbocycles. The molecule has 0 fully saturated rings. The molecule has 0 saturated carbocycles. The third kappa shape index (κ3) is 5.51. The van der Waals surface area contributed by atoms with Gasteiger partial charge in [0.05, 0.1) is 17.7 Å². The number of para-hydroxylation sites is 1. The van der Waals surface area contributed by atoms with E-state index in [1.54, 1.807) is 19.1 Å². The van der Waals surface area contributed by atoms with E-state index < -0.39 is 17.8 Å². The van der Waals surface area contributed by atoms with Gasteiger partial charge in [-0.3, -0.25) is 14.4 Å². The van der Waals surface area contributed by atoms with Gasteiger partial charge in [0.25, 0.3) is 5.91 Å². The number of nitrogens with two attached hydrogens (primary N) is 1. The molecule has 4 N–H and O–H groups in total. The first-order chi connectivity index (χ1) is 9.41. The Bertz CT molecular complexity index is 498. The van der Waals surface area contributed by atoms with Crippen LogP contribution in [0.2, 0.25) is 0 Å². The van der Waals surface area contributed by atoms with Crippen molar-refractivity contribution in [1.82, 2.24) is 0 Å². The van der Waals surface area contributed by atoms with Crippen molar-refractivity contribution in [1.29, 1.82) is 0 Å². The summed E-state index contributed by atoms with van der Waals surface area (Å²) in [7, 11) is 0. The maximum Gasteiger partial charge on any atom is 0.303 e. The highest BCUT2D eigenvalue weighted by molar-refractivity contribution is 6.04. The number of hydrogen-bond acceptors (Lipinski definition) is 3. The quantitative estimate of drug-likeness (QED) is 0.765. The van der Waals surface area contributed by atoms with Gasteiger partial charge in [0.2, 0.25) is 5.91 Å². The molecule has 0 aliphatic heterocycles. The van der Waals surface area contributed by atoms with Crippen LogP contribution < -0.4 is 11.1 Å². The van der Waals surface area contributed by atoms with Gasteiger partial charge in [-0.25, -0.2) is 0 Å². The molecule has 6 heteroatoms. The first kappa shape index (κ1) is 17.6. The molecule has 0 aromatic heterocycles. The van der Waals surface area contributed by atoms with Crippen molar-refractivity contribution in [3.63, 3.8) is 0 Å². The summed E-state index contributed by atoms with van der Waals surface area (Å²) < 4.78 is 0. The van der Waals surface area contributed by atoms with E-state index in [4.69, 9.17) is 10.8 Å². The van der Waals surface area contributed by atoms with E-state index in [0.717, 1.165) is 0 Å². The predicted molar refractivity (Wildman–Crippen MR) is 76.5 cm³/mol. The molecule has 0 radical (unpaired) electrons.